The van der Waals surface area contributed by atoms with Crippen LogP contribution in [0.2, 0.25) is 5.02 Å². The second-order valence-corrected chi connectivity index (χ2v) is 5.53. The second kappa shape index (κ2) is 5.96. The van der Waals surface area contributed by atoms with Crippen LogP contribution in [-0.4, -0.2) is 11.9 Å². The predicted octanol–water partition coefficient (Wildman–Crippen LogP) is 3.91. The minimum Gasteiger partial charge on any atom is -0.454 e. The summed E-state index contributed by atoms with van der Waals surface area (Å²) in [6, 6.07) is 11.8. The summed E-state index contributed by atoms with van der Waals surface area (Å²) in [6.07, 6.45) is 0.935. The molecule has 1 N–H and O–H groups in total. The summed E-state index contributed by atoms with van der Waals surface area (Å²) in [5.74, 6) is 1.15. The molecule has 0 saturated heterocycles. The lowest BCUT2D eigenvalue weighted by Crippen LogP contribution is -2.02. The third kappa shape index (κ3) is 2.99. The molecule has 3 rings (SSSR count). The molecule has 1 unspecified atom stereocenters. The second-order valence-electron chi connectivity index (χ2n) is 5.13. The Morgan fingerprint density at radius 3 is 2.57 bits per heavy atom. The third-order valence-corrected chi connectivity index (χ3v) is 3.98. The van der Waals surface area contributed by atoms with Crippen LogP contribution in [0.1, 0.15) is 29.7 Å². The first kappa shape index (κ1) is 14.2. The van der Waals surface area contributed by atoms with Gasteiger partial charge in [0.1, 0.15) is 0 Å². The van der Waals surface area contributed by atoms with E-state index in [0.717, 1.165) is 17.5 Å². The summed E-state index contributed by atoms with van der Waals surface area (Å²) in [6.45, 7) is 2.30. The molecule has 0 bridgehead atoms. The minimum atomic E-state index is -0.621. The molecule has 0 fully saturated rings. The van der Waals surface area contributed by atoms with Crippen molar-refractivity contribution in [2.45, 2.75) is 25.9 Å². The maximum absolute atomic E-state index is 10.4. The number of aryl methyl sites for hydroxylation is 1. The average molecular weight is 305 g/mol. The van der Waals surface area contributed by atoms with Gasteiger partial charge < -0.3 is 14.6 Å². The van der Waals surface area contributed by atoms with Crippen molar-refractivity contribution < 1.29 is 14.6 Å². The molecule has 1 aliphatic heterocycles. The number of aliphatic hydroxyl groups excluding tert-OH is 1. The third-order valence-electron chi connectivity index (χ3n) is 3.69. The zero-order valence-corrected chi connectivity index (χ0v) is 12.6. The van der Waals surface area contributed by atoms with Crippen molar-refractivity contribution in [3.8, 4) is 11.5 Å². The number of aliphatic hydroxyl groups is 1. The van der Waals surface area contributed by atoms with Crippen LogP contribution < -0.4 is 9.47 Å². The highest BCUT2D eigenvalue weighted by Crippen LogP contribution is 2.41. The van der Waals surface area contributed by atoms with E-state index in [4.69, 9.17) is 21.1 Å². The molecule has 0 saturated carbocycles. The molecule has 0 aromatic heterocycles. The maximum Gasteiger partial charge on any atom is 0.231 e. The number of fused-ring (bicyclic) bond motifs is 1. The van der Waals surface area contributed by atoms with Crippen molar-refractivity contribution in [1.82, 2.24) is 0 Å². The van der Waals surface area contributed by atoms with E-state index in [1.54, 1.807) is 12.1 Å². The van der Waals surface area contributed by atoms with Crippen LogP contribution in [-0.2, 0) is 12.8 Å². The smallest absolute Gasteiger partial charge is 0.231 e. The Kier molecular flexibility index (Phi) is 4.04. The summed E-state index contributed by atoms with van der Waals surface area (Å²) in [5, 5.41) is 10.9. The Bertz CT molecular complexity index is 637. The molecule has 0 amide bonds. The number of hydrogen-bond acceptors (Lipinski definition) is 3. The first-order valence-electron chi connectivity index (χ1n) is 7.02. The largest absolute Gasteiger partial charge is 0.454 e. The van der Waals surface area contributed by atoms with Crippen LogP contribution in [0.15, 0.2) is 36.4 Å². The van der Waals surface area contributed by atoms with E-state index in [1.165, 1.54) is 5.56 Å². The number of hydrogen-bond donors (Lipinski definition) is 1. The lowest BCUT2D eigenvalue weighted by atomic mass is 10.00. The van der Waals surface area contributed by atoms with E-state index in [2.05, 4.69) is 31.2 Å². The number of halogens is 1. The van der Waals surface area contributed by atoms with Gasteiger partial charge in [-0.05, 0) is 35.2 Å². The van der Waals surface area contributed by atoms with Crippen LogP contribution in [0.4, 0.5) is 0 Å². The lowest BCUT2D eigenvalue weighted by molar-refractivity contribution is 0.171. The summed E-state index contributed by atoms with van der Waals surface area (Å²) in [4.78, 5) is 0. The summed E-state index contributed by atoms with van der Waals surface area (Å²) >= 11 is 6.15. The molecule has 1 atom stereocenters. The van der Waals surface area contributed by atoms with E-state index in [9.17, 15) is 5.11 Å². The monoisotopic (exact) mass is 304 g/mol. The van der Waals surface area contributed by atoms with Gasteiger partial charge in [0.05, 0.1) is 11.1 Å². The van der Waals surface area contributed by atoms with Gasteiger partial charge in [-0.1, -0.05) is 42.8 Å². The topological polar surface area (TPSA) is 38.7 Å². The van der Waals surface area contributed by atoms with Crippen LogP contribution in [0, 0.1) is 0 Å². The van der Waals surface area contributed by atoms with Gasteiger partial charge in [-0.3, -0.25) is 0 Å². The predicted molar refractivity (Wildman–Crippen MR) is 82.1 cm³/mol. The Hall–Kier alpha value is -1.71. The van der Waals surface area contributed by atoms with E-state index in [1.807, 2.05) is 0 Å². The van der Waals surface area contributed by atoms with Crippen LogP contribution in [0.3, 0.4) is 0 Å². The quantitative estimate of drug-likeness (QED) is 0.931. The molecule has 2 aromatic rings. The molecular formula is C17H17ClO3. The Morgan fingerprint density at radius 2 is 1.86 bits per heavy atom. The average Bonchev–Trinajstić information content (AvgIpc) is 2.97. The van der Waals surface area contributed by atoms with E-state index >= 15 is 0 Å². The normalized spacial score (nSPS) is 14.2. The molecule has 0 radical (unpaired) electrons. The molecule has 1 heterocycles. The van der Waals surface area contributed by atoms with E-state index < -0.39 is 6.10 Å². The van der Waals surface area contributed by atoms with E-state index in [0.29, 0.717) is 22.9 Å². The van der Waals surface area contributed by atoms with Gasteiger partial charge >= 0.3 is 0 Å². The van der Waals surface area contributed by atoms with Gasteiger partial charge in [0.2, 0.25) is 6.79 Å². The number of benzene rings is 2. The minimum absolute atomic E-state index is 0.174. The Balaban J connectivity index is 1.78. The van der Waals surface area contributed by atoms with Crippen molar-refractivity contribution in [1.29, 1.82) is 0 Å². The molecule has 2 aromatic carbocycles. The Labute approximate surface area is 129 Å². The molecule has 110 valence electrons. The summed E-state index contributed by atoms with van der Waals surface area (Å²) in [5.41, 5.74) is 3.12. The Morgan fingerprint density at radius 1 is 1.14 bits per heavy atom. The van der Waals surface area contributed by atoms with Gasteiger partial charge in [0.15, 0.2) is 11.5 Å². The summed E-state index contributed by atoms with van der Waals surface area (Å²) in [7, 11) is 0. The van der Waals surface area contributed by atoms with Crippen molar-refractivity contribution >= 4 is 11.6 Å². The molecule has 3 nitrogen and oxygen atoms in total. The van der Waals surface area contributed by atoms with Crippen LogP contribution in [0.25, 0.3) is 0 Å². The fourth-order valence-electron chi connectivity index (χ4n) is 2.43. The zero-order chi connectivity index (χ0) is 14.8. The van der Waals surface area contributed by atoms with Crippen molar-refractivity contribution in [3.05, 3.63) is 58.1 Å². The molecule has 1 aliphatic rings. The van der Waals surface area contributed by atoms with Gasteiger partial charge in [-0.25, -0.2) is 0 Å². The van der Waals surface area contributed by atoms with Crippen molar-refractivity contribution in [2.24, 2.45) is 0 Å². The van der Waals surface area contributed by atoms with Gasteiger partial charge in [-0.15, -0.1) is 0 Å². The first-order chi connectivity index (χ1) is 10.2. The fraction of sp³-hybridized carbons (Fsp3) is 0.294. The lowest BCUT2D eigenvalue weighted by Gasteiger charge is -2.13. The fourth-order valence-corrected chi connectivity index (χ4v) is 2.71. The molecular weight excluding hydrogens is 288 g/mol. The SMILES string of the molecule is CCc1ccc(CC(O)c2cc(Cl)c3c(c2)OCO3)cc1. The number of rotatable bonds is 4. The standard InChI is InChI=1S/C17H17ClO3/c1-2-11-3-5-12(6-4-11)7-15(19)13-8-14(18)17-16(9-13)20-10-21-17/h3-6,8-9,15,19H,2,7,10H2,1H3. The van der Waals surface area contributed by atoms with Crippen LogP contribution in [0.5, 0.6) is 11.5 Å². The van der Waals surface area contributed by atoms with Crippen molar-refractivity contribution in [2.75, 3.05) is 6.79 Å². The maximum atomic E-state index is 10.4. The van der Waals surface area contributed by atoms with Gasteiger partial charge in [0, 0.05) is 6.42 Å². The van der Waals surface area contributed by atoms with Crippen LogP contribution >= 0.6 is 11.6 Å². The highest BCUT2D eigenvalue weighted by Gasteiger charge is 2.21. The zero-order valence-electron chi connectivity index (χ0n) is 11.8. The first-order valence-corrected chi connectivity index (χ1v) is 7.40. The molecule has 0 spiro atoms. The summed E-state index contributed by atoms with van der Waals surface area (Å²) < 4.78 is 10.6. The van der Waals surface area contributed by atoms with E-state index in [-0.39, 0.29) is 6.79 Å². The van der Waals surface area contributed by atoms with Gasteiger partial charge in [0.25, 0.3) is 0 Å². The molecule has 4 heteroatoms. The molecule has 0 aliphatic carbocycles. The highest BCUT2D eigenvalue weighted by molar-refractivity contribution is 6.32. The van der Waals surface area contributed by atoms with Crippen molar-refractivity contribution in [3.63, 3.8) is 0 Å². The molecule has 21 heavy (non-hydrogen) atoms. The van der Waals surface area contributed by atoms with Gasteiger partial charge in [-0.2, -0.15) is 0 Å². The highest BCUT2D eigenvalue weighted by atomic mass is 35.5. The number of ether oxygens (including phenoxy) is 2.